The van der Waals surface area contributed by atoms with Crippen LogP contribution < -0.4 is 15.8 Å². The molecule has 1 unspecified atom stereocenters. The van der Waals surface area contributed by atoms with Crippen molar-refractivity contribution in [1.82, 2.24) is 19.8 Å². The van der Waals surface area contributed by atoms with E-state index >= 15 is 0 Å². The average molecular weight is 468 g/mol. The van der Waals surface area contributed by atoms with E-state index in [1.807, 2.05) is 13.8 Å². The van der Waals surface area contributed by atoms with Crippen molar-refractivity contribution in [2.75, 3.05) is 31.1 Å². The predicted molar refractivity (Wildman–Crippen MR) is 131 cm³/mol. The van der Waals surface area contributed by atoms with Gasteiger partial charge in [0.25, 0.3) is 5.56 Å². The van der Waals surface area contributed by atoms with Crippen LogP contribution in [0, 0.1) is 20.8 Å². The molecule has 0 spiro atoms. The third kappa shape index (κ3) is 4.78. The van der Waals surface area contributed by atoms with Crippen molar-refractivity contribution in [3.05, 3.63) is 57.0 Å². The van der Waals surface area contributed by atoms with Gasteiger partial charge in [0.05, 0.1) is 18.3 Å². The number of hydrogen-bond donors (Lipinski definition) is 1. The van der Waals surface area contributed by atoms with Crippen LogP contribution >= 0.6 is 11.3 Å². The van der Waals surface area contributed by atoms with Gasteiger partial charge in [0.1, 0.15) is 11.4 Å². The molecule has 174 valence electrons. The summed E-state index contributed by atoms with van der Waals surface area (Å²) in [5.41, 5.74) is 3.04. The van der Waals surface area contributed by atoms with Crippen molar-refractivity contribution in [3.63, 3.8) is 0 Å². The van der Waals surface area contributed by atoms with Gasteiger partial charge in [0, 0.05) is 36.2 Å². The lowest BCUT2D eigenvalue weighted by atomic mass is 10.1. The first-order valence-electron chi connectivity index (χ1n) is 11.1. The van der Waals surface area contributed by atoms with Gasteiger partial charge in [-0.15, -0.1) is 11.3 Å². The van der Waals surface area contributed by atoms with Crippen molar-refractivity contribution in [1.29, 1.82) is 0 Å². The summed E-state index contributed by atoms with van der Waals surface area (Å²) in [6, 6.07) is 8.57. The highest BCUT2D eigenvalue weighted by atomic mass is 32.1. The summed E-state index contributed by atoms with van der Waals surface area (Å²) in [5, 5.41) is 3.22. The molecule has 33 heavy (non-hydrogen) atoms. The van der Waals surface area contributed by atoms with Gasteiger partial charge >= 0.3 is 0 Å². The Morgan fingerprint density at radius 2 is 1.88 bits per heavy atom. The molecule has 3 aromatic rings. The second kappa shape index (κ2) is 9.35. The molecule has 1 aliphatic rings. The van der Waals surface area contributed by atoms with E-state index in [1.165, 1.54) is 27.8 Å². The summed E-state index contributed by atoms with van der Waals surface area (Å²) in [6.45, 7) is 9.69. The van der Waals surface area contributed by atoms with E-state index in [-0.39, 0.29) is 36.5 Å². The van der Waals surface area contributed by atoms with Crippen LogP contribution in [0.15, 0.2) is 35.4 Å². The molecule has 3 heterocycles. The zero-order chi connectivity index (χ0) is 23.7. The van der Waals surface area contributed by atoms with E-state index in [1.54, 1.807) is 4.90 Å². The van der Waals surface area contributed by atoms with Gasteiger partial charge in [0.15, 0.2) is 0 Å². The number of amides is 2. The number of benzene rings is 1. The predicted octanol–water partition coefficient (Wildman–Crippen LogP) is 2.24. The molecule has 8 nitrogen and oxygen atoms in total. The summed E-state index contributed by atoms with van der Waals surface area (Å²) in [6.07, 6.45) is 1.40. The van der Waals surface area contributed by atoms with E-state index in [2.05, 4.69) is 53.3 Å². The lowest BCUT2D eigenvalue weighted by molar-refractivity contribution is -0.133. The molecule has 1 aromatic carbocycles. The maximum Gasteiger partial charge on any atom is 0.262 e. The number of carbonyl (C=O) groups is 2. The first-order chi connectivity index (χ1) is 15.7. The van der Waals surface area contributed by atoms with E-state index < -0.39 is 0 Å². The topological polar surface area (TPSA) is 87.5 Å². The largest absolute Gasteiger partial charge is 0.365 e. The summed E-state index contributed by atoms with van der Waals surface area (Å²) >= 11 is 1.47. The number of aromatic nitrogens is 2. The van der Waals surface area contributed by atoms with Gasteiger partial charge in [-0.2, -0.15) is 0 Å². The van der Waals surface area contributed by atoms with Crippen molar-refractivity contribution >= 4 is 39.1 Å². The maximum absolute atomic E-state index is 12.8. The third-order valence-electron chi connectivity index (χ3n) is 6.25. The number of anilines is 1. The molecule has 0 bridgehead atoms. The van der Waals surface area contributed by atoms with Crippen molar-refractivity contribution < 1.29 is 9.59 Å². The molecule has 0 saturated carbocycles. The first kappa shape index (κ1) is 23.0. The van der Waals surface area contributed by atoms with Gasteiger partial charge in [0.2, 0.25) is 11.8 Å². The first-order valence-corrected chi connectivity index (χ1v) is 11.9. The van der Waals surface area contributed by atoms with Gasteiger partial charge in [-0.1, -0.05) is 17.7 Å². The van der Waals surface area contributed by atoms with Crippen LogP contribution in [0.25, 0.3) is 10.2 Å². The maximum atomic E-state index is 12.8. The van der Waals surface area contributed by atoms with Crippen LogP contribution in [0.3, 0.4) is 0 Å². The van der Waals surface area contributed by atoms with E-state index in [0.29, 0.717) is 23.3 Å². The molecule has 1 aliphatic heterocycles. The van der Waals surface area contributed by atoms with Gasteiger partial charge in [-0.25, -0.2) is 4.98 Å². The van der Waals surface area contributed by atoms with Gasteiger partial charge in [-0.05, 0) is 45.4 Å². The average Bonchev–Trinajstić information content (AvgIpc) is 3.09. The number of carbonyl (C=O) groups excluding carboxylic acids is 2. The molecule has 1 atom stereocenters. The highest BCUT2D eigenvalue weighted by Crippen LogP contribution is 2.25. The number of nitrogens with zero attached hydrogens (tertiary/aromatic N) is 4. The van der Waals surface area contributed by atoms with E-state index in [4.69, 9.17) is 0 Å². The molecule has 1 fully saturated rings. The SMILES string of the molecule is Cc1ccc(N2CCN(C(=O)CNC(=O)Cn3cnc4sc(C)c(C)c4c3=O)CC2C)cc1. The van der Waals surface area contributed by atoms with Crippen molar-refractivity contribution in [2.45, 2.75) is 40.3 Å². The number of rotatable bonds is 5. The van der Waals surface area contributed by atoms with Crippen LogP contribution in [0.1, 0.15) is 22.9 Å². The number of aryl methyl sites for hydroxylation is 3. The minimum absolute atomic E-state index is 0.0862. The number of nitrogens with one attached hydrogen (secondary N) is 1. The van der Waals surface area contributed by atoms with Crippen molar-refractivity contribution in [3.8, 4) is 0 Å². The highest BCUT2D eigenvalue weighted by Gasteiger charge is 2.27. The summed E-state index contributed by atoms with van der Waals surface area (Å²) in [4.78, 5) is 48.0. The zero-order valence-corrected chi connectivity index (χ0v) is 20.2. The number of hydrogen-bond acceptors (Lipinski definition) is 6. The monoisotopic (exact) mass is 467 g/mol. The molecule has 1 N–H and O–H groups in total. The minimum Gasteiger partial charge on any atom is -0.365 e. The van der Waals surface area contributed by atoms with E-state index in [0.717, 1.165) is 22.7 Å². The fourth-order valence-electron chi connectivity index (χ4n) is 4.18. The van der Waals surface area contributed by atoms with Crippen LogP contribution in [-0.2, 0) is 16.1 Å². The van der Waals surface area contributed by atoms with E-state index in [9.17, 15) is 14.4 Å². The van der Waals surface area contributed by atoms with Crippen LogP contribution in [0.5, 0.6) is 0 Å². The zero-order valence-electron chi connectivity index (χ0n) is 19.4. The molecule has 0 radical (unpaired) electrons. The molecule has 9 heteroatoms. The molecule has 2 aromatic heterocycles. The Kier molecular flexibility index (Phi) is 6.51. The molecule has 0 aliphatic carbocycles. The molecule has 4 rings (SSSR count). The summed E-state index contributed by atoms with van der Waals surface area (Å²) in [7, 11) is 0. The Morgan fingerprint density at radius 3 is 2.58 bits per heavy atom. The van der Waals surface area contributed by atoms with Crippen molar-refractivity contribution in [2.24, 2.45) is 0 Å². The van der Waals surface area contributed by atoms with Gasteiger partial charge in [-0.3, -0.25) is 19.0 Å². The second-order valence-electron chi connectivity index (χ2n) is 8.64. The Hall–Kier alpha value is -3.20. The lowest BCUT2D eigenvalue weighted by Gasteiger charge is -2.41. The smallest absolute Gasteiger partial charge is 0.262 e. The Bertz CT molecular complexity index is 1250. The standard InChI is InChI=1S/C24H29N5O3S/c1-15-5-7-19(8-6-15)29-10-9-27(12-16(29)2)21(31)11-25-20(30)13-28-14-26-23-22(24(28)32)17(3)18(4)33-23/h5-8,14,16H,9-13H2,1-4H3,(H,25,30). The molecular weight excluding hydrogens is 438 g/mol. The normalized spacial score (nSPS) is 16.3. The summed E-state index contributed by atoms with van der Waals surface area (Å²) in [5.74, 6) is -0.508. The third-order valence-corrected chi connectivity index (χ3v) is 7.37. The van der Waals surface area contributed by atoms with Crippen LogP contribution in [-0.4, -0.2) is 58.5 Å². The highest BCUT2D eigenvalue weighted by molar-refractivity contribution is 7.18. The molecule has 2 amide bonds. The van der Waals surface area contributed by atoms with Crippen LogP contribution in [0.2, 0.25) is 0 Å². The fraction of sp³-hybridized carbons (Fsp3) is 0.417. The Labute approximate surface area is 196 Å². The molecule has 1 saturated heterocycles. The number of fused-ring (bicyclic) bond motifs is 1. The van der Waals surface area contributed by atoms with Gasteiger partial charge < -0.3 is 15.1 Å². The fourth-order valence-corrected chi connectivity index (χ4v) is 5.17. The second-order valence-corrected chi connectivity index (χ2v) is 9.84. The Balaban J connectivity index is 1.32. The molecular formula is C24H29N5O3S. The minimum atomic E-state index is -0.387. The van der Waals surface area contributed by atoms with Crippen LogP contribution in [0.4, 0.5) is 5.69 Å². The number of piperazine rings is 1. The quantitative estimate of drug-likeness (QED) is 0.622. The summed E-state index contributed by atoms with van der Waals surface area (Å²) < 4.78 is 1.30. The lowest BCUT2D eigenvalue weighted by Crippen LogP contribution is -2.55. The number of thiophene rings is 1. The Morgan fingerprint density at radius 1 is 1.15 bits per heavy atom.